The van der Waals surface area contributed by atoms with Crippen molar-refractivity contribution in [3.8, 4) is 0 Å². The van der Waals surface area contributed by atoms with Crippen LogP contribution in [0.3, 0.4) is 0 Å². The third-order valence-corrected chi connectivity index (χ3v) is 4.38. The average molecular weight is 259 g/mol. The summed E-state index contributed by atoms with van der Waals surface area (Å²) in [5.41, 5.74) is 9.32. The molecule has 4 nitrogen and oxygen atoms in total. The highest BCUT2D eigenvalue weighted by atomic mass is 16.1. The first-order valence-electron chi connectivity index (χ1n) is 7.00. The maximum absolute atomic E-state index is 11.5. The first-order chi connectivity index (χ1) is 9.17. The summed E-state index contributed by atoms with van der Waals surface area (Å²) >= 11 is 0. The Morgan fingerprint density at radius 1 is 1.42 bits per heavy atom. The second-order valence-electron chi connectivity index (χ2n) is 5.76. The molecule has 0 saturated carbocycles. The molecule has 1 amide bonds. The highest BCUT2D eigenvalue weighted by molar-refractivity contribution is 5.94. The van der Waals surface area contributed by atoms with Crippen molar-refractivity contribution in [3.63, 3.8) is 0 Å². The third-order valence-electron chi connectivity index (χ3n) is 4.38. The molecule has 4 heteroatoms. The molecule has 3 N–H and O–H groups in total. The smallest absolute Gasteiger partial charge is 0.224 e. The summed E-state index contributed by atoms with van der Waals surface area (Å²) in [6.45, 7) is 1.81. The molecule has 1 saturated heterocycles. The van der Waals surface area contributed by atoms with Crippen molar-refractivity contribution in [1.29, 1.82) is 0 Å². The number of hydrogen-bond donors (Lipinski definition) is 2. The number of nitrogens with one attached hydrogen (secondary N) is 1. The van der Waals surface area contributed by atoms with E-state index in [1.165, 1.54) is 11.1 Å². The minimum atomic E-state index is 0.129. The van der Waals surface area contributed by atoms with Gasteiger partial charge in [-0.1, -0.05) is 12.1 Å². The van der Waals surface area contributed by atoms with Crippen molar-refractivity contribution < 1.29 is 4.79 Å². The molecule has 0 spiro atoms. The van der Waals surface area contributed by atoms with Crippen molar-refractivity contribution in [2.75, 3.05) is 25.5 Å². The number of carbonyl (C=O) groups excluding carboxylic acids is 1. The number of likely N-dealkylation sites (tertiary alicyclic amines) is 1. The number of rotatable bonds is 2. The summed E-state index contributed by atoms with van der Waals surface area (Å²) in [5, 5.41) is 2.98. The van der Waals surface area contributed by atoms with Crippen LogP contribution in [0.4, 0.5) is 5.69 Å². The number of hydrogen-bond acceptors (Lipinski definition) is 3. The summed E-state index contributed by atoms with van der Waals surface area (Å²) in [4.78, 5) is 13.8. The van der Waals surface area contributed by atoms with Crippen LogP contribution in [0.15, 0.2) is 18.2 Å². The topological polar surface area (TPSA) is 58.4 Å². The Hall–Kier alpha value is -1.39. The molecule has 2 heterocycles. The van der Waals surface area contributed by atoms with Crippen molar-refractivity contribution in [2.24, 2.45) is 11.7 Å². The van der Waals surface area contributed by atoms with E-state index >= 15 is 0 Å². The summed E-state index contributed by atoms with van der Waals surface area (Å²) in [5.74, 6) is 0.713. The maximum atomic E-state index is 11.5. The number of anilines is 1. The number of nitrogens with two attached hydrogens (primary N) is 1. The number of fused-ring (bicyclic) bond motifs is 1. The fourth-order valence-corrected chi connectivity index (χ4v) is 3.26. The fraction of sp³-hybridized carbons (Fsp3) is 0.533. The van der Waals surface area contributed by atoms with Crippen molar-refractivity contribution >= 4 is 11.6 Å². The van der Waals surface area contributed by atoms with Gasteiger partial charge in [0.15, 0.2) is 0 Å². The summed E-state index contributed by atoms with van der Waals surface area (Å²) in [7, 11) is 2.15. The van der Waals surface area contributed by atoms with E-state index < -0.39 is 0 Å². The molecule has 0 radical (unpaired) electrons. The molecule has 0 aromatic heterocycles. The lowest BCUT2D eigenvalue weighted by Gasteiger charge is -2.23. The predicted octanol–water partition coefficient (Wildman–Crippen LogP) is 1.52. The second-order valence-corrected chi connectivity index (χ2v) is 5.76. The predicted molar refractivity (Wildman–Crippen MR) is 75.9 cm³/mol. The molecule has 3 rings (SSSR count). The highest BCUT2D eigenvalue weighted by Crippen LogP contribution is 2.36. The van der Waals surface area contributed by atoms with Gasteiger partial charge in [0.2, 0.25) is 5.91 Å². The lowest BCUT2D eigenvalue weighted by atomic mass is 9.95. The molecule has 19 heavy (non-hydrogen) atoms. The lowest BCUT2D eigenvalue weighted by Crippen LogP contribution is -2.22. The molecule has 102 valence electrons. The van der Waals surface area contributed by atoms with Crippen LogP contribution < -0.4 is 11.1 Å². The largest absolute Gasteiger partial charge is 0.330 e. The van der Waals surface area contributed by atoms with Gasteiger partial charge in [-0.25, -0.2) is 0 Å². The molecule has 2 atom stereocenters. The molecule has 2 aliphatic rings. The molecule has 1 fully saturated rings. The van der Waals surface area contributed by atoms with E-state index in [2.05, 4.69) is 35.5 Å². The first kappa shape index (κ1) is 12.6. The van der Waals surface area contributed by atoms with E-state index in [4.69, 9.17) is 5.73 Å². The van der Waals surface area contributed by atoms with Gasteiger partial charge in [0, 0.05) is 24.7 Å². The van der Waals surface area contributed by atoms with Gasteiger partial charge < -0.3 is 11.1 Å². The molecule has 2 unspecified atom stereocenters. The zero-order chi connectivity index (χ0) is 13.4. The number of nitrogens with zero attached hydrogens (tertiary/aromatic N) is 1. The summed E-state index contributed by atoms with van der Waals surface area (Å²) in [6, 6.07) is 6.94. The molecule has 0 bridgehead atoms. The molecular formula is C15H21N3O. The monoisotopic (exact) mass is 259 g/mol. The van der Waals surface area contributed by atoms with Crippen LogP contribution in [-0.2, 0) is 11.2 Å². The summed E-state index contributed by atoms with van der Waals surface area (Å²) in [6.07, 6.45) is 2.57. The van der Waals surface area contributed by atoms with E-state index in [1.54, 1.807) is 0 Å². The number of carbonyl (C=O) groups is 1. The molecule has 1 aromatic rings. The average Bonchev–Trinajstić information content (AvgIpc) is 2.79. The van der Waals surface area contributed by atoms with Crippen molar-refractivity contribution in [3.05, 3.63) is 29.3 Å². The molecular weight excluding hydrogens is 238 g/mol. The molecule has 0 aliphatic carbocycles. The van der Waals surface area contributed by atoms with Crippen molar-refractivity contribution in [1.82, 2.24) is 4.90 Å². The van der Waals surface area contributed by atoms with Crippen LogP contribution in [0.1, 0.15) is 30.0 Å². The highest BCUT2D eigenvalue weighted by Gasteiger charge is 2.30. The lowest BCUT2D eigenvalue weighted by molar-refractivity contribution is -0.116. The Kier molecular flexibility index (Phi) is 3.29. The van der Waals surface area contributed by atoms with Gasteiger partial charge >= 0.3 is 0 Å². The third kappa shape index (κ3) is 2.38. The number of amides is 1. The van der Waals surface area contributed by atoms with Gasteiger partial charge in [0.1, 0.15) is 0 Å². The molecule has 1 aromatic carbocycles. The van der Waals surface area contributed by atoms with Crippen LogP contribution >= 0.6 is 0 Å². The SMILES string of the molecule is CN1CC(CN)CC1c1ccc2c(c1)NC(=O)CC2. The first-order valence-corrected chi connectivity index (χ1v) is 7.00. The van der Waals surface area contributed by atoms with E-state index in [1.807, 2.05) is 0 Å². The van der Waals surface area contributed by atoms with Gasteiger partial charge in [-0.05, 0) is 49.5 Å². The Balaban J connectivity index is 1.86. The van der Waals surface area contributed by atoms with E-state index in [-0.39, 0.29) is 5.91 Å². The quantitative estimate of drug-likeness (QED) is 0.846. The maximum Gasteiger partial charge on any atom is 0.224 e. The molecule has 2 aliphatic heterocycles. The Morgan fingerprint density at radius 3 is 3.00 bits per heavy atom. The van der Waals surface area contributed by atoms with Crippen LogP contribution in [-0.4, -0.2) is 30.9 Å². The second kappa shape index (κ2) is 4.94. The van der Waals surface area contributed by atoms with Crippen LogP contribution in [0.25, 0.3) is 0 Å². The number of aryl methyl sites for hydroxylation is 1. The van der Waals surface area contributed by atoms with E-state index in [0.29, 0.717) is 18.4 Å². The normalized spacial score (nSPS) is 27.2. The van der Waals surface area contributed by atoms with Gasteiger partial charge in [-0.2, -0.15) is 0 Å². The van der Waals surface area contributed by atoms with Crippen LogP contribution in [0, 0.1) is 5.92 Å². The van der Waals surface area contributed by atoms with Gasteiger partial charge in [0.05, 0.1) is 0 Å². The Bertz CT molecular complexity index is 500. The van der Waals surface area contributed by atoms with Crippen LogP contribution in [0.5, 0.6) is 0 Å². The Labute approximate surface area is 114 Å². The minimum Gasteiger partial charge on any atom is -0.330 e. The fourth-order valence-electron chi connectivity index (χ4n) is 3.26. The zero-order valence-electron chi connectivity index (χ0n) is 11.4. The summed E-state index contributed by atoms with van der Waals surface area (Å²) < 4.78 is 0. The standard InChI is InChI=1S/C15H21N3O/c1-18-9-10(8-16)6-14(18)12-3-2-11-4-5-15(19)17-13(11)7-12/h2-3,7,10,14H,4-6,8-9,16H2,1H3,(H,17,19). The van der Waals surface area contributed by atoms with Crippen LogP contribution in [0.2, 0.25) is 0 Å². The van der Waals surface area contributed by atoms with E-state index in [9.17, 15) is 4.79 Å². The van der Waals surface area contributed by atoms with E-state index in [0.717, 1.165) is 31.6 Å². The van der Waals surface area contributed by atoms with Gasteiger partial charge in [0.25, 0.3) is 0 Å². The number of benzene rings is 1. The van der Waals surface area contributed by atoms with Crippen molar-refractivity contribution in [2.45, 2.75) is 25.3 Å². The van der Waals surface area contributed by atoms with Gasteiger partial charge in [-0.3, -0.25) is 9.69 Å². The minimum absolute atomic E-state index is 0.129. The van der Waals surface area contributed by atoms with Gasteiger partial charge in [-0.15, -0.1) is 0 Å². The zero-order valence-corrected chi connectivity index (χ0v) is 11.4. The Morgan fingerprint density at radius 2 is 2.26 bits per heavy atom.